The minimum atomic E-state index is -2.81. The summed E-state index contributed by atoms with van der Waals surface area (Å²) >= 11 is 0. The van der Waals surface area contributed by atoms with Gasteiger partial charge < -0.3 is 10.1 Å². The van der Waals surface area contributed by atoms with Crippen molar-refractivity contribution in [1.29, 1.82) is 5.26 Å². The Morgan fingerprint density at radius 3 is 2.71 bits per heavy atom. The van der Waals surface area contributed by atoms with Gasteiger partial charge in [0, 0.05) is 6.04 Å². The predicted octanol–water partition coefficient (Wildman–Crippen LogP) is 1.67. The van der Waals surface area contributed by atoms with Gasteiger partial charge in [-0.05, 0) is 43.5 Å². The number of nitrogens with one attached hydrogen (secondary N) is 1. The highest BCUT2D eigenvalue weighted by Gasteiger charge is 2.27. The number of nitriles is 1. The SMILES string of the molecule is CC(NCC1CCS(=O)(=O)C1)c1ccc(OCC#N)cc1. The third-order valence-corrected chi connectivity index (χ3v) is 5.56. The second-order valence-electron chi connectivity index (χ2n) is 5.41. The summed E-state index contributed by atoms with van der Waals surface area (Å²) in [6.07, 6.45) is 0.753. The number of ether oxygens (including phenoxy) is 1. The predicted molar refractivity (Wildman–Crippen MR) is 80.7 cm³/mol. The van der Waals surface area contributed by atoms with Gasteiger partial charge in [0.2, 0.25) is 0 Å². The van der Waals surface area contributed by atoms with Crippen LogP contribution in [0.1, 0.15) is 24.9 Å². The van der Waals surface area contributed by atoms with Gasteiger partial charge in [0.1, 0.15) is 11.8 Å². The Hall–Kier alpha value is -1.58. The molecule has 1 N–H and O–H groups in total. The van der Waals surface area contributed by atoms with Crippen molar-refractivity contribution in [2.75, 3.05) is 24.7 Å². The van der Waals surface area contributed by atoms with Crippen LogP contribution >= 0.6 is 0 Å². The molecule has 0 bridgehead atoms. The van der Waals surface area contributed by atoms with Crippen LogP contribution in [0, 0.1) is 17.2 Å². The third kappa shape index (κ3) is 4.73. The van der Waals surface area contributed by atoms with E-state index < -0.39 is 9.84 Å². The van der Waals surface area contributed by atoms with Gasteiger partial charge >= 0.3 is 0 Å². The zero-order valence-electron chi connectivity index (χ0n) is 12.1. The fraction of sp³-hybridized carbons (Fsp3) is 0.533. The lowest BCUT2D eigenvalue weighted by atomic mass is 10.1. The Labute approximate surface area is 125 Å². The van der Waals surface area contributed by atoms with E-state index in [0.717, 1.165) is 12.0 Å². The molecule has 0 aromatic heterocycles. The number of sulfone groups is 1. The molecule has 0 radical (unpaired) electrons. The fourth-order valence-electron chi connectivity index (χ4n) is 2.46. The standard InChI is InChI=1S/C15H20N2O3S/c1-12(17-10-13-6-9-21(18,19)11-13)14-2-4-15(5-3-14)20-8-7-16/h2-5,12-13,17H,6,8-11H2,1H3. The smallest absolute Gasteiger partial charge is 0.174 e. The molecule has 6 heteroatoms. The maximum Gasteiger partial charge on any atom is 0.174 e. The first-order valence-corrected chi connectivity index (χ1v) is 8.86. The van der Waals surface area contributed by atoms with E-state index in [1.54, 1.807) is 0 Å². The van der Waals surface area contributed by atoms with Crippen molar-refractivity contribution >= 4 is 9.84 Å². The molecular formula is C15H20N2O3S. The molecule has 1 aliphatic rings. The monoisotopic (exact) mass is 308 g/mol. The molecule has 0 spiro atoms. The second-order valence-corrected chi connectivity index (χ2v) is 7.64. The van der Waals surface area contributed by atoms with Crippen molar-refractivity contribution in [3.63, 3.8) is 0 Å². The van der Waals surface area contributed by atoms with Crippen molar-refractivity contribution in [2.45, 2.75) is 19.4 Å². The fourth-order valence-corrected chi connectivity index (χ4v) is 4.32. The van der Waals surface area contributed by atoms with Gasteiger partial charge in [-0.25, -0.2) is 8.42 Å². The van der Waals surface area contributed by atoms with Crippen LogP contribution in [0.4, 0.5) is 0 Å². The highest BCUT2D eigenvalue weighted by Crippen LogP contribution is 2.20. The molecule has 0 amide bonds. The lowest BCUT2D eigenvalue weighted by Crippen LogP contribution is -2.26. The summed E-state index contributed by atoms with van der Waals surface area (Å²) in [5, 5.41) is 11.8. The minimum absolute atomic E-state index is 0.0449. The first-order chi connectivity index (χ1) is 10.00. The van der Waals surface area contributed by atoms with Crippen molar-refractivity contribution < 1.29 is 13.2 Å². The molecule has 5 nitrogen and oxygen atoms in total. The van der Waals surface area contributed by atoms with Gasteiger partial charge in [-0.3, -0.25) is 0 Å². The Kier molecular flexibility index (Phi) is 5.21. The van der Waals surface area contributed by atoms with Crippen LogP contribution in [-0.4, -0.2) is 33.1 Å². The van der Waals surface area contributed by atoms with Crippen LogP contribution in [0.25, 0.3) is 0 Å². The van der Waals surface area contributed by atoms with Crippen LogP contribution in [0.15, 0.2) is 24.3 Å². The summed E-state index contributed by atoms with van der Waals surface area (Å²) in [7, 11) is -2.81. The van der Waals surface area contributed by atoms with E-state index in [-0.39, 0.29) is 18.6 Å². The molecular weight excluding hydrogens is 288 g/mol. The highest BCUT2D eigenvalue weighted by molar-refractivity contribution is 7.91. The molecule has 2 rings (SSSR count). The number of hydrogen-bond donors (Lipinski definition) is 1. The lowest BCUT2D eigenvalue weighted by Gasteiger charge is -2.17. The van der Waals surface area contributed by atoms with E-state index in [4.69, 9.17) is 10.00 Å². The van der Waals surface area contributed by atoms with E-state index in [9.17, 15) is 8.42 Å². The third-order valence-electron chi connectivity index (χ3n) is 3.72. The van der Waals surface area contributed by atoms with Gasteiger partial charge in [-0.1, -0.05) is 12.1 Å². The quantitative estimate of drug-likeness (QED) is 0.865. The first kappa shape index (κ1) is 15.8. The van der Waals surface area contributed by atoms with Crippen LogP contribution in [-0.2, 0) is 9.84 Å². The van der Waals surface area contributed by atoms with Gasteiger partial charge in [-0.2, -0.15) is 5.26 Å². The van der Waals surface area contributed by atoms with Crippen molar-refractivity contribution in [3.8, 4) is 11.8 Å². The van der Waals surface area contributed by atoms with Crippen LogP contribution in [0.3, 0.4) is 0 Å². The summed E-state index contributed by atoms with van der Waals surface area (Å²) in [6, 6.07) is 9.66. The summed E-state index contributed by atoms with van der Waals surface area (Å²) in [4.78, 5) is 0. The Morgan fingerprint density at radius 2 is 2.14 bits per heavy atom. The largest absolute Gasteiger partial charge is 0.479 e. The molecule has 21 heavy (non-hydrogen) atoms. The summed E-state index contributed by atoms with van der Waals surface area (Å²) in [5.41, 5.74) is 1.11. The number of nitrogens with zero attached hydrogens (tertiary/aromatic N) is 1. The van der Waals surface area contributed by atoms with E-state index in [0.29, 0.717) is 23.8 Å². The highest BCUT2D eigenvalue weighted by atomic mass is 32.2. The average molecular weight is 308 g/mol. The molecule has 0 saturated carbocycles. The second kappa shape index (κ2) is 6.92. The topological polar surface area (TPSA) is 79.2 Å². The molecule has 1 aliphatic heterocycles. The van der Waals surface area contributed by atoms with E-state index in [1.165, 1.54) is 0 Å². The number of benzene rings is 1. The molecule has 114 valence electrons. The summed E-state index contributed by atoms with van der Waals surface area (Å²) < 4.78 is 28.0. The molecule has 2 unspecified atom stereocenters. The van der Waals surface area contributed by atoms with Crippen LogP contribution in [0.5, 0.6) is 5.75 Å². The van der Waals surface area contributed by atoms with E-state index in [1.807, 2.05) is 30.3 Å². The Bertz CT molecular complexity index is 605. The van der Waals surface area contributed by atoms with Crippen LogP contribution in [0.2, 0.25) is 0 Å². The molecule has 2 atom stereocenters. The molecule has 1 saturated heterocycles. The van der Waals surface area contributed by atoms with Crippen LogP contribution < -0.4 is 10.1 Å². The van der Waals surface area contributed by atoms with E-state index in [2.05, 4.69) is 12.2 Å². The molecule has 0 aliphatic carbocycles. The molecule has 1 aromatic carbocycles. The van der Waals surface area contributed by atoms with Crippen molar-refractivity contribution in [2.24, 2.45) is 5.92 Å². The van der Waals surface area contributed by atoms with Gasteiger partial charge in [0.15, 0.2) is 16.4 Å². The Balaban J connectivity index is 1.83. The number of hydrogen-bond acceptors (Lipinski definition) is 5. The van der Waals surface area contributed by atoms with E-state index >= 15 is 0 Å². The van der Waals surface area contributed by atoms with Gasteiger partial charge in [0.25, 0.3) is 0 Å². The molecule has 1 aromatic rings. The zero-order valence-corrected chi connectivity index (χ0v) is 12.9. The summed E-state index contributed by atoms with van der Waals surface area (Å²) in [6.45, 7) is 2.81. The summed E-state index contributed by atoms with van der Waals surface area (Å²) in [5.74, 6) is 1.51. The average Bonchev–Trinajstić information content (AvgIpc) is 2.82. The molecule has 1 fully saturated rings. The van der Waals surface area contributed by atoms with Crippen molar-refractivity contribution in [1.82, 2.24) is 5.32 Å². The number of rotatable bonds is 6. The van der Waals surface area contributed by atoms with Gasteiger partial charge in [0.05, 0.1) is 11.5 Å². The minimum Gasteiger partial charge on any atom is -0.479 e. The first-order valence-electron chi connectivity index (χ1n) is 7.04. The lowest BCUT2D eigenvalue weighted by molar-refractivity contribution is 0.368. The molecule has 1 heterocycles. The maximum atomic E-state index is 11.4. The Morgan fingerprint density at radius 1 is 1.43 bits per heavy atom. The maximum absolute atomic E-state index is 11.4. The van der Waals surface area contributed by atoms with Gasteiger partial charge in [-0.15, -0.1) is 0 Å². The van der Waals surface area contributed by atoms with Crippen molar-refractivity contribution in [3.05, 3.63) is 29.8 Å². The zero-order chi connectivity index (χ0) is 15.3. The normalized spacial score (nSPS) is 21.6.